The molecule has 0 fully saturated rings. The van der Waals surface area contributed by atoms with Gasteiger partial charge in [0.05, 0.1) is 7.11 Å². The van der Waals surface area contributed by atoms with Gasteiger partial charge in [0.1, 0.15) is 11.3 Å². The molecule has 0 amide bonds. The molecule has 17 heavy (non-hydrogen) atoms. The first-order chi connectivity index (χ1) is 8.29. The van der Waals surface area contributed by atoms with Crippen molar-refractivity contribution in [2.75, 3.05) is 7.11 Å². The Labute approximate surface area is 99.0 Å². The molecule has 0 radical (unpaired) electrons. The molecular formula is C14H14O3. The van der Waals surface area contributed by atoms with E-state index in [0.29, 0.717) is 5.58 Å². The number of hydrogen-bond acceptors (Lipinski definition) is 3. The largest absolute Gasteiger partial charge is 0.497 e. The van der Waals surface area contributed by atoms with Crippen LogP contribution >= 0.6 is 0 Å². The Bertz CT molecular complexity index is 625. The molecular weight excluding hydrogens is 216 g/mol. The SMILES string of the molecule is COc1ccc2c3c(c(=O)oc2c1)CCCC3. The first-order valence-electron chi connectivity index (χ1n) is 5.92. The Morgan fingerprint density at radius 3 is 2.71 bits per heavy atom. The van der Waals surface area contributed by atoms with Crippen molar-refractivity contribution < 1.29 is 9.15 Å². The van der Waals surface area contributed by atoms with E-state index in [4.69, 9.17) is 9.15 Å². The van der Waals surface area contributed by atoms with E-state index in [1.807, 2.05) is 12.1 Å². The minimum absolute atomic E-state index is 0.180. The minimum atomic E-state index is -0.180. The molecule has 1 aromatic carbocycles. The number of methoxy groups -OCH3 is 1. The zero-order valence-electron chi connectivity index (χ0n) is 9.79. The van der Waals surface area contributed by atoms with Crippen molar-refractivity contribution in [1.82, 2.24) is 0 Å². The molecule has 3 heteroatoms. The lowest BCUT2D eigenvalue weighted by Gasteiger charge is -2.16. The van der Waals surface area contributed by atoms with E-state index in [-0.39, 0.29) is 5.63 Å². The molecule has 0 bridgehead atoms. The molecule has 2 aromatic rings. The highest BCUT2D eigenvalue weighted by atomic mass is 16.5. The lowest BCUT2D eigenvalue weighted by atomic mass is 9.91. The first-order valence-corrected chi connectivity index (χ1v) is 5.92. The first kappa shape index (κ1) is 10.4. The topological polar surface area (TPSA) is 39.4 Å². The summed E-state index contributed by atoms with van der Waals surface area (Å²) >= 11 is 0. The van der Waals surface area contributed by atoms with Crippen LogP contribution < -0.4 is 10.4 Å². The fourth-order valence-electron chi connectivity index (χ4n) is 2.55. The van der Waals surface area contributed by atoms with Crippen molar-refractivity contribution in [3.8, 4) is 5.75 Å². The number of ether oxygens (including phenoxy) is 1. The summed E-state index contributed by atoms with van der Waals surface area (Å²) < 4.78 is 10.5. The third-order valence-electron chi connectivity index (χ3n) is 3.43. The quantitative estimate of drug-likeness (QED) is 0.707. The van der Waals surface area contributed by atoms with E-state index >= 15 is 0 Å². The van der Waals surface area contributed by atoms with E-state index in [2.05, 4.69) is 0 Å². The molecule has 0 aliphatic heterocycles. The summed E-state index contributed by atoms with van der Waals surface area (Å²) in [7, 11) is 1.61. The minimum Gasteiger partial charge on any atom is -0.497 e. The number of hydrogen-bond donors (Lipinski definition) is 0. The molecule has 88 valence electrons. The van der Waals surface area contributed by atoms with Crippen LogP contribution in [-0.4, -0.2) is 7.11 Å². The van der Waals surface area contributed by atoms with Gasteiger partial charge >= 0.3 is 5.63 Å². The van der Waals surface area contributed by atoms with E-state index < -0.39 is 0 Å². The molecule has 0 saturated heterocycles. The van der Waals surface area contributed by atoms with Gasteiger partial charge in [0, 0.05) is 17.0 Å². The van der Waals surface area contributed by atoms with Gasteiger partial charge in [-0.3, -0.25) is 0 Å². The summed E-state index contributed by atoms with van der Waals surface area (Å²) in [5.74, 6) is 0.719. The summed E-state index contributed by atoms with van der Waals surface area (Å²) in [5.41, 5.74) is 2.49. The van der Waals surface area contributed by atoms with Crippen LogP contribution in [0.3, 0.4) is 0 Å². The van der Waals surface area contributed by atoms with Crippen LogP contribution in [0, 0.1) is 0 Å². The Morgan fingerprint density at radius 2 is 1.94 bits per heavy atom. The number of fused-ring (bicyclic) bond motifs is 3. The fourth-order valence-corrected chi connectivity index (χ4v) is 2.55. The molecule has 1 heterocycles. The van der Waals surface area contributed by atoms with Crippen LogP contribution in [0.15, 0.2) is 27.4 Å². The molecule has 0 N–H and O–H groups in total. The predicted molar refractivity (Wildman–Crippen MR) is 65.7 cm³/mol. The van der Waals surface area contributed by atoms with Gasteiger partial charge in [0.15, 0.2) is 0 Å². The Balaban J connectivity index is 2.34. The summed E-state index contributed by atoms with van der Waals surface area (Å²) in [6, 6.07) is 5.68. The molecule has 1 aliphatic rings. The lowest BCUT2D eigenvalue weighted by Crippen LogP contribution is -2.15. The summed E-state index contributed by atoms with van der Waals surface area (Å²) in [6.45, 7) is 0. The van der Waals surface area contributed by atoms with Gasteiger partial charge in [-0.2, -0.15) is 0 Å². The van der Waals surface area contributed by atoms with Crippen molar-refractivity contribution in [2.24, 2.45) is 0 Å². The van der Waals surface area contributed by atoms with Gasteiger partial charge in [0.25, 0.3) is 0 Å². The van der Waals surface area contributed by atoms with Crippen LogP contribution in [0.1, 0.15) is 24.0 Å². The third-order valence-corrected chi connectivity index (χ3v) is 3.43. The second kappa shape index (κ2) is 3.91. The second-order valence-electron chi connectivity index (χ2n) is 4.42. The Morgan fingerprint density at radius 1 is 1.18 bits per heavy atom. The zero-order valence-corrected chi connectivity index (χ0v) is 9.79. The molecule has 0 unspecified atom stereocenters. The lowest BCUT2D eigenvalue weighted by molar-refractivity contribution is 0.414. The van der Waals surface area contributed by atoms with Crippen molar-refractivity contribution >= 4 is 11.0 Å². The Kier molecular flexibility index (Phi) is 2.39. The highest BCUT2D eigenvalue weighted by Gasteiger charge is 2.17. The van der Waals surface area contributed by atoms with Gasteiger partial charge in [0.2, 0.25) is 0 Å². The maximum Gasteiger partial charge on any atom is 0.339 e. The van der Waals surface area contributed by atoms with Gasteiger partial charge in [-0.15, -0.1) is 0 Å². The molecule has 3 rings (SSSR count). The molecule has 1 aromatic heterocycles. The number of rotatable bonds is 1. The maximum atomic E-state index is 11.9. The molecule has 1 aliphatic carbocycles. The second-order valence-corrected chi connectivity index (χ2v) is 4.42. The Hall–Kier alpha value is -1.77. The van der Waals surface area contributed by atoms with Crippen molar-refractivity contribution in [3.63, 3.8) is 0 Å². The van der Waals surface area contributed by atoms with E-state index in [1.54, 1.807) is 13.2 Å². The van der Waals surface area contributed by atoms with Gasteiger partial charge < -0.3 is 9.15 Å². The van der Waals surface area contributed by atoms with Gasteiger partial charge in [-0.1, -0.05) is 0 Å². The zero-order chi connectivity index (χ0) is 11.8. The number of benzene rings is 1. The standard InChI is InChI=1S/C14H14O3/c1-16-9-6-7-11-10-4-2-3-5-12(10)14(15)17-13(11)8-9/h6-8H,2-5H2,1H3. The predicted octanol–water partition coefficient (Wildman–Crippen LogP) is 2.68. The van der Waals surface area contributed by atoms with E-state index in [1.165, 1.54) is 5.56 Å². The highest BCUT2D eigenvalue weighted by molar-refractivity contribution is 5.82. The average molecular weight is 230 g/mol. The number of aryl methyl sites for hydroxylation is 1. The van der Waals surface area contributed by atoms with Gasteiger partial charge in [-0.25, -0.2) is 4.79 Å². The van der Waals surface area contributed by atoms with E-state index in [0.717, 1.165) is 42.4 Å². The summed E-state index contributed by atoms with van der Waals surface area (Å²) in [4.78, 5) is 11.9. The molecule has 0 atom stereocenters. The summed E-state index contributed by atoms with van der Waals surface area (Å²) in [5, 5.41) is 1.06. The van der Waals surface area contributed by atoms with Crippen molar-refractivity contribution in [1.29, 1.82) is 0 Å². The van der Waals surface area contributed by atoms with Crippen LogP contribution in [0.4, 0.5) is 0 Å². The average Bonchev–Trinajstić information content (AvgIpc) is 2.38. The van der Waals surface area contributed by atoms with Crippen LogP contribution in [0.25, 0.3) is 11.0 Å². The maximum absolute atomic E-state index is 11.9. The monoisotopic (exact) mass is 230 g/mol. The molecule has 3 nitrogen and oxygen atoms in total. The smallest absolute Gasteiger partial charge is 0.339 e. The van der Waals surface area contributed by atoms with Crippen LogP contribution in [-0.2, 0) is 12.8 Å². The highest BCUT2D eigenvalue weighted by Crippen LogP contribution is 2.28. The normalized spacial score (nSPS) is 14.6. The summed E-state index contributed by atoms with van der Waals surface area (Å²) in [6.07, 6.45) is 4.06. The molecule has 0 saturated carbocycles. The van der Waals surface area contributed by atoms with Crippen molar-refractivity contribution in [3.05, 3.63) is 39.7 Å². The van der Waals surface area contributed by atoms with Gasteiger partial charge in [-0.05, 0) is 43.4 Å². The van der Waals surface area contributed by atoms with E-state index in [9.17, 15) is 4.79 Å². The molecule has 0 spiro atoms. The van der Waals surface area contributed by atoms with Crippen LogP contribution in [0.5, 0.6) is 5.75 Å². The fraction of sp³-hybridized carbons (Fsp3) is 0.357. The third kappa shape index (κ3) is 1.62. The van der Waals surface area contributed by atoms with Crippen molar-refractivity contribution in [2.45, 2.75) is 25.7 Å². The van der Waals surface area contributed by atoms with Crippen LogP contribution in [0.2, 0.25) is 0 Å².